The number of esters is 1. The lowest BCUT2D eigenvalue weighted by Crippen LogP contribution is -2.44. The maximum atomic E-state index is 13.7. The first kappa shape index (κ1) is 20.1. The molecule has 1 atom stereocenters. The Morgan fingerprint density at radius 1 is 1.12 bits per heavy atom. The van der Waals surface area contributed by atoms with Crippen LogP contribution in [0.3, 0.4) is 0 Å². The van der Waals surface area contributed by atoms with E-state index >= 15 is 0 Å². The van der Waals surface area contributed by atoms with Gasteiger partial charge >= 0.3 is 12.1 Å². The summed E-state index contributed by atoms with van der Waals surface area (Å²) >= 11 is 0. The lowest BCUT2D eigenvalue weighted by atomic mass is 9.93. The number of carbonyl (C=O) groups excluding carboxylic acids is 1. The van der Waals surface area contributed by atoms with Crippen LogP contribution in [0.2, 0.25) is 0 Å². The summed E-state index contributed by atoms with van der Waals surface area (Å²) < 4.78 is 56.2. The Balaban J connectivity index is 2.51. The topological polar surface area (TPSA) is 57.1 Å². The van der Waals surface area contributed by atoms with Crippen LogP contribution >= 0.6 is 0 Å². The van der Waals surface area contributed by atoms with Crippen LogP contribution in [0, 0.1) is 5.41 Å². The molecule has 0 N–H and O–H groups in total. The molecule has 0 spiro atoms. The van der Waals surface area contributed by atoms with Gasteiger partial charge < -0.3 is 14.2 Å². The lowest BCUT2D eigenvalue weighted by Gasteiger charge is -2.29. The average molecular weight is 373 g/mol. The molecule has 5 nitrogen and oxygen atoms in total. The fourth-order valence-corrected chi connectivity index (χ4v) is 2.53. The summed E-state index contributed by atoms with van der Waals surface area (Å²) in [5.74, 6) is -0.248. The molecular formula is C18H22F3NO4. The lowest BCUT2D eigenvalue weighted by molar-refractivity contribution is -0.207. The first-order chi connectivity index (χ1) is 12.0. The number of ether oxygens (including phenoxy) is 3. The molecule has 0 saturated carbocycles. The van der Waals surface area contributed by atoms with Crippen LogP contribution in [0.25, 0.3) is 0 Å². The van der Waals surface area contributed by atoms with Crippen molar-refractivity contribution in [1.82, 2.24) is 0 Å². The number of nitrogens with zero attached hydrogens (tertiary/aromatic N) is 1. The molecule has 1 aromatic carbocycles. The number of alkyl halides is 3. The Kier molecular flexibility index (Phi) is 5.53. The number of halogens is 3. The van der Waals surface area contributed by atoms with Crippen molar-refractivity contribution < 1.29 is 32.2 Å². The molecule has 0 saturated heterocycles. The molecule has 0 aliphatic carbocycles. The zero-order chi connectivity index (χ0) is 19.7. The number of benzene rings is 1. The molecule has 1 aromatic rings. The Labute approximate surface area is 150 Å². The van der Waals surface area contributed by atoms with E-state index in [9.17, 15) is 18.0 Å². The molecule has 1 aliphatic rings. The third-order valence-electron chi connectivity index (χ3n) is 3.93. The first-order valence-electron chi connectivity index (χ1n) is 8.06. The largest absolute Gasteiger partial charge is 0.493 e. The molecule has 1 aliphatic heterocycles. The fourth-order valence-electron chi connectivity index (χ4n) is 2.53. The summed E-state index contributed by atoms with van der Waals surface area (Å²) in [5.41, 5.74) is -0.511. The van der Waals surface area contributed by atoms with E-state index in [1.807, 2.05) is 0 Å². The molecule has 26 heavy (non-hydrogen) atoms. The van der Waals surface area contributed by atoms with Crippen LogP contribution in [-0.2, 0) is 16.0 Å². The minimum atomic E-state index is -4.79. The molecule has 2 rings (SSSR count). The number of carbonyl (C=O) groups is 1. The molecule has 0 amide bonds. The highest BCUT2D eigenvalue weighted by Crippen LogP contribution is 2.36. The predicted octanol–water partition coefficient (Wildman–Crippen LogP) is 3.57. The summed E-state index contributed by atoms with van der Waals surface area (Å²) in [5, 5.41) is 0. The summed E-state index contributed by atoms with van der Waals surface area (Å²) in [7, 11) is 2.84. The summed E-state index contributed by atoms with van der Waals surface area (Å²) in [6.45, 7) is 4.64. The van der Waals surface area contributed by atoms with Crippen molar-refractivity contribution in [3.8, 4) is 11.5 Å². The summed E-state index contributed by atoms with van der Waals surface area (Å²) in [4.78, 5) is 16.1. The molecule has 144 valence electrons. The molecule has 1 unspecified atom stereocenters. The number of methoxy groups -OCH3 is 2. The van der Waals surface area contributed by atoms with Crippen LogP contribution in [0.15, 0.2) is 17.1 Å². The van der Waals surface area contributed by atoms with E-state index in [1.54, 1.807) is 6.07 Å². The normalized spacial score (nSPS) is 15.6. The minimum Gasteiger partial charge on any atom is -0.493 e. The van der Waals surface area contributed by atoms with Gasteiger partial charge in [0.1, 0.15) is 0 Å². The minimum absolute atomic E-state index is 0.164. The first-order valence-corrected chi connectivity index (χ1v) is 8.06. The van der Waals surface area contributed by atoms with Crippen molar-refractivity contribution in [3.05, 3.63) is 23.3 Å². The molecule has 0 bridgehead atoms. The second kappa shape index (κ2) is 7.17. The quantitative estimate of drug-likeness (QED) is 0.757. The highest BCUT2D eigenvalue weighted by atomic mass is 19.4. The predicted molar refractivity (Wildman–Crippen MR) is 90.0 cm³/mol. The summed E-state index contributed by atoms with van der Waals surface area (Å²) in [6.07, 6.45) is -6.77. The van der Waals surface area contributed by atoms with Gasteiger partial charge in [0, 0.05) is 12.1 Å². The number of hydrogen-bond donors (Lipinski definition) is 0. The van der Waals surface area contributed by atoms with Crippen molar-refractivity contribution in [2.45, 2.75) is 39.5 Å². The van der Waals surface area contributed by atoms with Gasteiger partial charge in [0.25, 0.3) is 0 Å². The highest BCUT2D eigenvalue weighted by Gasteiger charge is 2.49. The van der Waals surface area contributed by atoms with Gasteiger partial charge in [-0.15, -0.1) is 0 Å². The number of hydrogen-bond acceptors (Lipinski definition) is 5. The summed E-state index contributed by atoms with van der Waals surface area (Å²) in [6, 6.07) is 3.07. The monoisotopic (exact) mass is 373 g/mol. The number of aliphatic imine (C=N–C) groups is 1. The Bertz CT molecular complexity index is 720. The Hall–Kier alpha value is -2.25. The van der Waals surface area contributed by atoms with E-state index in [0.717, 1.165) is 0 Å². The Morgan fingerprint density at radius 3 is 2.19 bits per heavy atom. The van der Waals surface area contributed by atoms with Crippen LogP contribution in [0.4, 0.5) is 13.2 Å². The maximum Gasteiger partial charge on any atom is 0.431 e. The zero-order valence-electron chi connectivity index (χ0n) is 15.4. The van der Waals surface area contributed by atoms with Crippen molar-refractivity contribution in [1.29, 1.82) is 0 Å². The second-order valence-electron chi connectivity index (χ2n) is 6.96. The smallest absolute Gasteiger partial charge is 0.431 e. The second-order valence-corrected chi connectivity index (χ2v) is 6.96. The molecule has 0 fully saturated rings. The van der Waals surface area contributed by atoms with Gasteiger partial charge in [0.2, 0.25) is 6.10 Å². The van der Waals surface area contributed by atoms with Gasteiger partial charge in [0.05, 0.1) is 25.3 Å². The van der Waals surface area contributed by atoms with Crippen LogP contribution in [0.1, 0.15) is 31.9 Å². The van der Waals surface area contributed by atoms with Crippen LogP contribution < -0.4 is 9.47 Å². The average Bonchev–Trinajstić information content (AvgIpc) is 2.55. The van der Waals surface area contributed by atoms with Crippen molar-refractivity contribution in [2.24, 2.45) is 10.4 Å². The van der Waals surface area contributed by atoms with Gasteiger partial charge in [-0.1, -0.05) is 0 Å². The van der Waals surface area contributed by atoms with Gasteiger partial charge in [-0.25, -0.2) is 0 Å². The molecular weight excluding hydrogens is 351 g/mol. The van der Waals surface area contributed by atoms with E-state index in [-0.39, 0.29) is 23.6 Å². The van der Waals surface area contributed by atoms with E-state index in [2.05, 4.69) is 4.99 Å². The standard InChI is InChI=1S/C18H22F3NO4/c1-17(2,3)16(23)26-15(18(19,20)21)14-11-9-13(25-5)12(24-4)8-10(11)6-7-22-14/h8-9,15H,6-7H2,1-5H3. The van der Waals surface area contributed by atoms with Gasteiger partial charge in [-0.2, -0.15) is 13.2 Å². The van der Waals surface area contributed by atoms with Crippen molar-refractivity contribution in [2.75, 3.05) is 20.8 Å². The van der Waals surface area contributed by atoms with Crippen molar-refractivity contribution in [3.63, 3.8) is 0 Å². The van der Waals surface area contributed by atoms with E-state index in [0.29, 0.717) is 17.7 Å². The van der Waals surface area contributed by atoms with Crippen LogP contribution in [0.5, 0.6) is 11.5 Å². The van der Waals surface area contributed by atoms with E-state index in [4.69, 9.17) is 14.2 Å². The van der Waals surface area contributed by atoms with E-state index in [1.165, 1.54) is 41.1 Å². The molecule has 0 aromatic heterocycles. The van der Waals surface area contributed by atoms with Crippen LogP contribution in [-0.4, -0.2) is 44.7 Å². The molecule has 1 heterocycles. The zero-order valence-corrected chi connectivity index (χ0v) is 15.4. The number of rotatable bonds is 4. The molecule has 0 radical (unpaired) electrons. The van der Waals surface area contributed by atoms with Gasteiger partial charge in [-0.05, 0) is 44.9 Å². The maximum absolute atomic E-state index is 13.7. The Morgan fingerprint density at radius 2 is 1.69 bits per heavy atom. The molecule has 8 heteroatoms. The third-order valence-corrected chi connectivity index (χ3v) is 3.93. The highest BCUT2D eigenvalue weighted by molar-refractivity contribution is 6.07. The SMILES string of the molecule is COc1cc2c(cc1OC)C(C(OC(=O)C(C)(C)C)C(F)(F)F)=NCC2. The van der Waals surface area contributed by atoms with Gasteiger partial charge in [-0.3, -0.25) is 9.79 Å². The van der Waals surface area contributed by atoms with E-state index < -0.39 is 23.7 Å². The number of fused-ring (bicyclic) bond motifs is 1. The van der Waals surface area contributed by atoms with Crippen molar-refractivity contribution >= 4 is 11.7 Å². The van der Waals surface area contributed by atoms with Gasteiger partial charge in [0.15, 0.2) is 11.5 Å². The third kappa shape index (κ3) is 4.11. The fraction of sp³-hybridized carbons (Fsp3) is 0.556.